The lowest BCUT2D eigenvalue weighted by Crippen LogP contribution is -2.30. The van der Waals surface area contributed by atoms with E-state index in [1.165, 1.54) is 24.3 Å². The summed E-state index contributed by atoms with van der Waals surface area (Å²) >= 11 is 0. The number of hydrogen-bond acceptors (Lipinski definition) is 6. The van der Waals surface area contributed by atoms with E-state index in [0.29, 0.717) is 0 Å². The molecule has 0 saturated carbocycles. The first kappa shape index (κ1) is 12.9. The van der Waals surface area contributed by atoms with E-state index >= 15 is 0 Å². The van der Waals surface area contributed by atoms with Crippen molar-refractivity contribution in [3.63, 3.8) is 0 Å². The topological polar surface area (TPSA) is 121 Å². The van der Waals surface area contributed by atoms with Gasteiger partial charge in [-0.1, -0.05) is 18.2 Å². The molecule has 0 atom stereocenters. The maximum atomic E-state index is 11.1. The first-order valence-electron chi connectivity index (χ1n) is 3.70. The molecule has 0 spiro atoms. The number of para-hydroxylation sites is 1. The number of anilines is 1. The van der Waals surface area contributed by atoms with Crippen LogP contribution in [0.15, 0.2) is 30.3 Å². The van der Waals surface area contributed by atoms with Gasteiger partial charge in [0.25, 0.3) is 0 Å². The quantitative estimate of drug-likeness (QED) is 0.580. The standard InChI is InChI=1S/C6H7NO7S2/c8-7(6-4-2-1-3-5-6)15(9,10)14-16(11,12)13/h1-5,8H,(H,11,12,13). The molecule has 0 unspecified atom stereocenters. The van der Waals surface area contributed by atoms with Crippen molar-refractivity contribution in [2.24, 2.45) is 0 Å². The van der Waals surface area contributed by atoms with Crippen LogP contribution in [0.5, 0.6) is 0 Å². The molecule has 1 aromatic rings. The smallest absolute Gasteiger partial charge is 0.272 e. The van der Waals surface area contributed by atoms with E-state index in [-0.39, 0.29) is 5.69 Å². The summed E-state index contributed by atoms with van der Waals surface area (Å²) in [5.74, 6) is 0. The van der Waals surface area contributed by atoms with E-state index < -0.39 is 25.2 Å². The molecule has 0 radical (unpaired) electrons. The van der Waals surface area contributed by atoms with Gasteiger partial charge in [-0.05, 0) is 12.1 Å². The van der Waals surface area contributed by atoms with Crippen LogP contribution in [0.3, 0.4) is 0 Å². The van der Waals surface area contributed by atoms with Gasteiger partial charge in [0.15, 0.2) is 0 Å². The fourth-order valence-corrected chi connectivity index (χ4v) is 2.30. The highest BCUT2D eigenvalue weighted by atomic mass is 32.3. The number of benzene rings is 1. The van der Waals surface area contributed by atoms with Gasteiger partial charge in [0, 0.05) is 0 Å². The highest BCUT2D eigenvalue weighted by Crippen LogP contribution is 2.16. The van der Waals surface area contributed by atoms with Gasteiger partial charge >= 0.3 is 20.7 Å². The van der Waals surface area contributed by atoms with Crippen LogP contribution in [-0.2, 0) is 24.3 Å². The Morgan fingerprint density at radius 1 is 1.06 bits per heavy atom. The summed E-state index contributed by atoms with van der Waals surface area (Å²) in [6.07, 6.45) is 0. The lowest BCUT2D eigenvalue weighted by atomic mass is 10.3. The second-order valence-electron chi connectivity index (χ2n) is 2.53. The average Bonchev–Trinajstić information content (AvgIpc) is 2.14. The molecule has 1 aromatic carbocycles. The lowest BCUT2D eigenvalue weighted by molar-refractivity contribution is 0.292. The normalized spacial score (nSPS) is 12.4. The van der Waals surface area contributed by atoms with Crippen LogP contribution < -0.4 is 4.47 Å². The Bertz CT molecular complexity index is 550. The van der Waals surface area contributed by atoms with Crippen molar-refractivity contribution < 1.29 is 30.2 Å². The molecule has 1 rings (SSSR count). The minimum Gasteiger partial charge on any atom is -0.272 e. The Kier molecular flexibility index (Phi) is 3.50. The molecule has 0 bridgehead atoms. The fraction of sp³-hybridized carbons (Fsp3) is 0. The molecule has 0 aliphatic rings. The molecule has 0 fully saturated rings. The third-order valence-electron chi connectivity index (χ3n) is 1.36. The minimum atomic E-state index is -5.22. The summed E-state index contributed by atoms with van der Waals surface area (Å²) in [6.45, 7) is 0. The first-order chi connectivity index (χ1) is 7.22. The van der Waals surface area contributed by atoms with E-state index in [9.17, 15) is 16.8 Å². The zero-order valence-electron chi connectivity index (χ0n) is 7.59. The Morgan fingerprint density at radius 3 is 2.00 bits per heavy atom. The van der Waals surface area contributed by atoms with E-state index in [1.54, 1.807) is 6.07 Å². The van der Waals surface area contributed by atoms with Gasteiger partial charge in [0.05, 0.1) is 5.69 Å². The van der Waals surface area contributed by atoms with Crippen molar-refractivity contribution >= 4 is 26.4 Å². The first-order valence-corrected chi connectivity index (χ1v) is 6.43. The fourth-order valence-electron chi connectivity index (χ4n) is 0.822. The van der Waals surface area contributed by atoms with E-state index in [4.69, 9.17) is 9.76 Å². The Balaban J connectivity index is 3.03. The van der Waals surface area contributed by atoms with Gasteiger partial charge in [-0.25, -0.2) is 0 Å². The molecule has 0 heterocycles. The SMILES string of the molecule is O=S(=O)(O)OS(=O)(=O)N(O)c1ccccc1. The van der Waals surface area contributed by atoms with Crippen molar-refractivity contribution in [1.29, 1.82) is 0 Å². The summed E-state index contributed by atoms with van der Waals surface area (Å²) in [5, 5.41) is 9.16. The molecule has 10 heteroatoms. The summed E-state index contributed by atoms with van der Waals surface area (Å²) in [4.78, 5) is 0. The van der Waals surface area contributed by atoms with Gasteiger partial charge in [-0.3, -0.25) is 9.76 Å². The highest BCUT2D eigenvalue weighted by Gasteiger charge is 2.28. The Morgan fingerprint density at radius 2 is 1.56 bits per heavy atom. The molecule has 16 heavy (non-hydrogen) atoms. The maximum absolute atomic E-state index is 11.1. The number of rotatable bonds is 4. The van der Waals surface area contributed by atoms with Crippen molar-refractivity contribution in [3.8, 4) is 0 Å². The zero-order chi connectivity index (χ0) is 12.4. The van der Waals surface area contributed by atoms with Crippen LogP contribution in [0.4, 0.5) is 5.69 Å². The van der Waals surface area contributed by atoms with Gasteiger partial charge in [0.1, 0.15) is 0 Å². The largest absolute Gasteiger partial charge is 0.413 e. The number of hydrogen-bond donors (Lipinski definition) is 2. The van der Waals surface area contributed by atoms with Crippen molar-refractivity contribution in [2.45, 2.75) is 0 Å². The maximum Gasteiger partial charge on any atom is 0.413 e. The Labute approximate surface area is 91.9 Å². The molecule has 0 aliphatic heterocycles. The highest BCUT2D eigenvalue weighted by molar-refractivity contribution is 7.98. The summed E-state index contributed by atoms with van der Waals surface area (Å²) in [7, 11) is -10.2. The zero-order valence-corrected chi connectivity index (χ0v) is 9.22. The van der Waals surface area contributed by atoms with Gasteiger partial charge < -0.3 is 0 Å². The van der Waals surface area contributed by atoms with Crippen molar-refractivity contribution in [3.05, 3.63) is 30.3 Å². The van der Waals surface area contributed by atoms with Crippen LogP contribution in [0, 0.1) is 0 Å². The van der Waals surface area contributed by atoms with E-state index in [1.807, 2.05) is 0 Å². The van der Waals surface area contributed by atoms with Crippen LogP contribution >= 0.6 is 0 Å². The minimum absolute atomic E-state index is 0.244. The second kappa shape index (κ2) is 4.35. The van der Waals surface area contributed by atoms with Crippen LogP contribution in [0.2, 0.25) is 0 Å². The predicted octanol–water partition coefficient (Wildman–Crippen LogP) is -0.0536. The third-order valence-corrected chi connectivity index (χ3v) is 3.37. The monoisotopic (exact) mass is 269 g/mol. The molecule has 0 amide bonds. The third kappa shape index (κ3) is 3.43. The van der Waals surface area contributed by atoms with Gasteiger partial charge in [-0.15, -0.1) is 8.10 Å². The Hall–Kier alpha value is -1.20. The van der Waals surface area contributed by atoms with Crippen LogP contribution in [0.1, 0.15) is 0 Å². The summed E-state index contributed by atoms with van der Waals surface area (Å²) < 4.78 is 53.6. The molecule has 8 nitrogen and oxygen atoms in total. The summed E-state index contributed by atoms with van der Waals surface area (Å²) in [5.41, 5.74) is -0.244. The molecular weight excluding hydrogens is 262 g/mol. The molecule has 0 aromatic heterocycles. The molecule has 90 valence electrons. The van der Waals surface area contributed by atoms with Crippen LogP contribution in [0.25, 0.3) is 0 Å². The lowest BCUT2D eigenvalue weighted by Gasteiger charge is -2.14. The van der Waals surface area contributed by atoms with Gasteiger partial charge in [-0.2, -0.15) is 16.8 Å². The van der Waals surface area contributed by atoms with Crippen molar-refractivity contribution in [2.75, 3.05) is 4.47 Å². The molecule has 0 saturated heterocycles. The molecular formula is C6H7NO7S2. The second-order valence-corrected chi connectivity index (χ2v) is 5.13. The van der Waals surface area contributed by atoms with Gasteiger partial charge in [0.2, 0.25) is 0 Å². The summed E-state index contributed by atoms with van der Waals surface area (Å²) in [6, 6.07) is 6.73. The van der Waals surface area contributed by atoms with E-state index in [0.717, 1.165) is 0 Å². The van der Waals surface area contributed by atoms with Crippen molar-refractivity contribution in [1.82, 2.24) is 0 Å². The molecule has 0 aliphatic carbocycles. The molecule has 2 N–H and O–H groups in total. The number of nitrogens with zero attached hydrogens (tertiary/aromatic N) is 1. The predicted molar refractivity (Wildman–Crippen MR) is 52.3 cm³/mol. The average molecular weight is 269 g/mol. The van der Waals surface area contributed by atoms with Crippen LogP contribution in [-0.4, -0.2) is 26.6 Å². The van der Waals surface area contributed by atoms with E-state index in [2.05, 4.69) is 3.63 Å².